The maximum Gasteiger partial charge on any atom is 0.329 e. The molecule has 3 rings (SSSR count). The van der Waals surface area contributed by atoms with Crippen LogP contribution < -0.4 is 14.5 Å². The minimum Gasteiger partial charge on any atom is -0.541 e. The highest BCUT2D eigenvalue weighted by atomic mass is 28.4. The fourth-order valence-electron chi connectivity index (χ4n) is 6.35. The molecule has 1 amide bonds. The van der Waals surface area contributed by atoms with Gasteiger partial charge in [-0.1, -0.05) is 77.9 Å². The first kappa shape index (κ1) is 39.2. The van der Waals surface area contributed by atoms with Crippen molar-refractivity contribution in [2.24, 2.45) is 0 Å². The summed E-state index contributed by atoms with van der Waals surface area (Å²) in [6, 6.07) is 17.2. The Morgan fingerprint density at radius 3 is 2.04 bits per heavy atom. The van der Waals surface area contributed by atoms with Gasteiger partial charge in [0.15, 0.2) is 11.6 Å². The fourth-order valence-corrected chi connectivity index (χ4v) is 11.6. The molecular formula is C38H51FN2O7Si. The molecule has 1 N–H and O–H groups in total. The van der Waals surface area contributed by atoms with Crippen molar-refractivity contribution in [3.63, 3.8) is 0 Å². The van der Waals surface area contributed by atoms with Crippen molar-refractivity contribution >= 4 is 25.9 Å². The molecule has 0 fully saturated rings. The molecule has 0 saturated carbocycles. The number of amides is 1. The average molecular weight is 695 g/mol. The van der Waals surface area contributed by atoms with E-state index < -0.39 is 42.6 Å². The number of carbonyl (C=O) groups excluding carboxylic acids is 2. The lowest BCUT2D eigenvalue weighted by atomic mass is 10.0. The Bertz CT molecular complexity index is 1570. The molecule has 3 aromatic carbocycles. The van der Waals surface area contributed by atoms with Gasteiger partial charge in [-0.15, -0.1) is 0 Å². The van der Waals surface area contributed by atoms with Crippen LogP contribution in [-0.4, -0.2) is 43.4 Å². The van der Waals surface area contributed by atoms with Crippen molar-refractivity contribution in [3.05, 3.63) is 99.4 Å². The highest BCUT2D eigenvalue weighted by molar-refractivity contribution is 6.78. The van der Waals surface area contributed by atoms with Gasteiger partial charge in [-0.3, -0.25) is 14.9 Å². The maximum atomic E-state index is 15.3. The van der Waals surface area contributed by atoms with E-state index >= 15 is 4.39 Å². The lowest BCUT2D eigenvalue weighted by Gasteiger charge is -2.42. The van der Waals surface area contributed by atoms with Crippen LogP contribution in [0.5, 0.6) is 11.5 Å². The zero-order valence-corrected chi connectivity index (χ0v) is 31.2. The van der Waals surface area contributed by atoms with Gasteiger partial charge in [0, 0.05) is 24.1 Å². The number of hydrogen-bond acceptors (Lipinski definition) is 7. The van der Waals surface area contributed by atoms with Gasteiger partial charge in [0.1, 0.15) is 17.4 Å². The highest BCUT2D eigenvalue weighted by Crippen LogP contribution is 2.43. The van der Waals surface area contributed by atoms with Gasteiger partial charge in [-0.2, -0.15) is 0 Å². The third kappa shape index (κ3) is 10.6. The lowest BCUT2D eigenvalue weighted by molar-refractivity contribution is -0.385. The number of aryl methyl sites for hydroxylation is 1. The van der Waals surface area contributed by atoms with Crippen LogP contribution in [0.1, 0.15) is 90.2 Å². The average Bonchev–Trinajstić information content (AvgIpc) is 3.01. The zero-order valence-electron chi connectivity index (χ0n) is 30.2. The number of nitro benzene ring substituents is 1. The molecule has 0 radical (unpaired) electrons. The van der Waals surface area contributed by atoms with E-state index in [2.05, 4.69) is 46.9 Å². The summed E-state index contributed by atoms with van der Waals surface area (Å²) in [5.41, 5.74) is 1.47. The van der Waals surface area contributed by atoms with Crippen LogP contribution in [0.2, 0.25) is 16.6 Å². The van der Waals surface area contributed by atoms with Gasteiger partial charge in [0.2, 0.25) is 0 Å². The minimum absolute atomic E-state index is 0.00810. The summed E-state index contributed by atoms with van der Waals surface area (Å²) in [6.07, 6.45) is 1.06. The van der Waals surface area contributed by atoms with Crippen LogP contribution in [-0.2, 0) is 22.4 Å². The Hall–Kier alpha value is -4.25. The molecule has 0 aliphatic heterocycles. The van der Waals surface area contributed by atoms with E-state index in [0.717, 1.165) is 5.56 Å². The van der Waals surface area contributed by atoms with Crippen LogP contribution in [0.15, 0.2) is 66.7 Å². The van der Waals surface area contributed by atoms with Gasteiger partial charge in [-0.25, -0.2) is 9.18 Å². The molecule has 0 spiro atoms. The van der Waals surface area contributed by atoms with E-state index in [9.17, 15) is 19.7 Å². The van der Waals surface area contributed by atoms with E-state index in [1.54, 1.807) is 32.9 Å². The number of nitro groups is 1. The molecule has 1 atom stereocenters. The molecule has 0 aromatic heterocycles. The van der Waals surface area contributed by atoms with Crippen molar-refractivity contribution < 1.29 is 32.8 Å². The molecule has 3 aromatic rings. The number of nitrogens with one attached hydrogen (secondary N) is 1. The third-order valence-electron chi connectivity index (χ3n) is 8.62. The van der Waals surface area contributed by atoms with Crippen molar-refractivity contribution in [3.8, 4) is 11.5 Å². The molecule has 0 aliphatic rings. The molecule has 0 bridgehead atoms. The second kappa shape index (κ2) is 16.9. The number of hydrogen-bond donors (Lipinski definition) is 1. The molecule has 0 saturated heterocycles. The van der Waals surface area contributed by atoms with Gasteiger partial charge < -0.3 is 19.2 Å². The second-order valence-corrected chi connectivity index (χ2v) is 19.7. The van der Waals surface area contributed by atoms with Gasteiger partial charge >= 0.3 is 11.7 Å². The van der Waals surface area contributed by atoms with Crippen LogP contribution in [0, 0.1) is 15.9 Å². The predicted molar refractivity (Wildman–Crippen MR) is 192 cm³/mol. The Morgan fingerprint density at radius 2 is 1.49 bits per heavy atom. The quantitative estimate of drug-likeness (QED) is 0.0688. The smallest absolute Gasteiger partial charge is 0.329 e. The first-order chi connectivity index (χ1) is 22.9. The minimum atomic E-state index is -2.35. The van der Waals surface area contributed by atoms with Crippen LogP contribution in [0.4, 0.5) is 10.1 Å². The molecule has 0 aliphatic carbocycles. The SMILES string of the molecule is CC(C)[Si](Oc1ccc(CCOc2cc(C(=O)N[C@@H](CCc3ccccc3)C(=O)OC(C)(C)C)ccc2[N+](=O)[O-])cc1F)(C(C)C)C(C)C. The number of nitrogens with zero attached hydrogens (tertiary/aromatic N) is 1. The maximum absolute atomic E-state index is 15.3. The Morgan fingerprint density at radius 1 is 0.857 bits per heavy atom. The Kier molecular flexibility index (Phi) is 13.5. The number of benzene rings is 3. The number of carbonyl (C=O) groups is 2. The second-order valence-electron chi connectivity index (χ2n) is 14.3. The standard InChI is InChI=1S/C38H51FN2O7Si/c1-25(2)49(26(3)4,27(5)6)48-34-20-16-29(23-31(34)39)21-22-46-35-24-30(17-19-33(35)41(44)45)36(42)40-32(37(43)47-38(7,8)9)18-15-28-13-11-10-12-14-28/h10-14,16-17,19-20,23-27,32H,15,18,21-22H2,1-9H3,(H,40,42)/t32-/m0/s1. The molecule has 11 heteroatoms. The lowest BCUT2D eigenvalue weighted by Crippen LogP contribution is -2.50. The summed E-state index contributed by atoms with van der Waals surface area (Å²) in [4.78, 5) is 37.6. The highest BCUT2D eigenvalue weighted by Gasteiger charge is 2.47. The normalized spacial score (nSPS) is 12.6. The number of ether oxygens (including phenoxy) is 2. The van der Waals surface area contributed by atoms with E-state index in [-0.39, 0.29) is 58.8 Å². The van der Waals surface area contributed by atoms with Crippen LogP contribution >= 0.6 is 0 Å². The summed E-state index contributed by atoms with van der Waals surface area (Å²) in [5, 5.41) is 14.5. The number of rotatable bonds is 16. The zero-order chi connectivity index (χ0) is 36.5. The Balaban J connectivity index is 1.75. The monoisotopic (exact) mass is 694 g/mol. The molecule has 0 unspecified atom stereocenters. The van der Waals surface area contributed by atoms with E-state index in [1.165, 1.54) is 24.3 Å². The van der Waals surface area contributed by atoms with E-state index in [1.807, 2.05) is 30.3 Å². The van der Waals surface area contributed by atoms with Gasteiger partial charge in [0.05, 0.1) is 11.5 Å². The van der Waals surface area contributed by atoms with Crippen molar-refractivity contribution in [2.45, 2.75) is 110 Å². The van der Waals surface area contributed by atoms with Crippen molar-refractivity contribution in [2.75, 3.05) is 6.61 Å². The van der Waals surface area contributed by atoms with Crippen molar-refractivity contribution in [1.82, 2.24) is 5.32 Å². The summed E-state index contributed by atoms with van der Waals surface area (Å²) in [6.45, 7) is 18.1. The summed E-state index contributed by atoms with van der Waals surface area (Å²) in [5.74, 6) is -1.53. The molecule has 9 nitrogen and oxygen atoms in total. The molecule has 0 heterocycles. The third-order valence-corrected chi connectivity index (χ3v) is 14.6. The fraction of sp³-hybridized carbons (Fsp3) is 0.474. The number of esters is 1. The summed E-state index contributed by atoms with van der Waals surface area (Å²) in [7, 11) is -2.35. The summed E-state index contributed by atoms with van der Waals surface area (Å²) >= 11 is 0. The predicted octanol–water partition coefficient (Wildman–Crippen LogP) is 8.98. The molecule has 49 heavy (non-hydrogen) atoms. The van der Waals surface area contributed by atoms with E-state index in [0.29, 0.717) is 12.0 Å². The van der Waals surface area contributed by atoms with Gasteiger partial charge in [-0.05, 0) is 79.6 Å². The molecule has 266 valence electrons. The largest absolute Gasteiger partial charge is 0.541 e. The summed E-state index contributed by atoms with van der Waals surface area (Å²) < 4.78 is 33.2. The first-order valence-corrected chi connectivity index (χ1v) is 19.0. The first-order valence-electron chi connectivity index (χ1n) is 16.9. The van der Waals surface area contributed by atoms with Crippen LogP contribution in [0.3, 0.4) is 0 Å². The van der Waals surface area contributed by atoms with Crippen molar-refractivity contribution in [1.29, 1.82) is 0 Å². The van der Waals surface area contributed by atoms with Crippen LogP contribution in [0.25, 0.3) is 0 Å². The Labute approximate surface area is 290 Å². The van der Waals surface area contributed by atoms with Gasteiger partial charge in [0.25, 0.3) is 14.2 Å². The topological polar surface area (TPSA) is 117 Å². The number of halogens is 1. The molecular weight excluding hydrogens is 644 g/mol. The van der Waals surface area contributed by atoms with E-state index in [4.69, 9.17) is 13.9 Å².